The largest absolute Gasteiger partial charge is 0.320 e. The van der Waals surface area contributed by atoms with E-state index in [0.717, 1.165) is 25.7 Å². The van der Waals surface area contributed by atoms with E-state index < -0.39 is 29.5 Å². The zero-order chi connectivity index (χ0) is 20.0. The molecule has 0 radical (unpaired) electrons. The standard InChI is InChI=1S/C18H22ClFN6O2/c1-8(11-6-13(19)23-24-17(11)27)26-7-12(16(20)25-26)22-18(28)15(21)14(9-2-3-9)10-4-5-10/h6-10,14-15H,2-5,21H2,1H3,(H,22,28)(H,24,27)/t8-,15-/m0/s1. The lowest BCUT2D eigenvalue weighted by Crippen LogP contribution is -2.43. The summed E-state index contributed by atoms with van der Waals surface area (Å²) in [5.41, 5.74) is 5.98. The van der Waals surface area contributed by atoms with Gasteiger partial charge in [-0.05, 0) is 56.4 Å². The molecule has 2 heterocycles. The number of amides is 1. The topological polar surface area (TPSA) is 119 Å². The summed E-state index contributed by atoms with van der Waals surface area (Å²) in [6.45, 7) is 1.67. The molecule has 0 bridgehead atoms. The molecule has 0 spiro atoms. The van der Waals surface area contributed by atoms with Crippen LogP contribution in [0.4, 0.5) is 10.1 Å². The normalized spacial score (nSPS) is 18.9. The van der Waals surface area contributed by atoms with Crippen molar-refractivity contribution in [3.8, 4) is 0 Å². The van der Waals surface area contributed by atoms with Gasteiger partial charge in [0.2, 0.25) is 5.91 Å². The first-order valence-electron chi connectivity index (χ1n) is 9.41. The monoisotopic (exact) mass is 408 g/mol. The molecule has 0 aliphatic heterocycles. The van der Waals surface area contributed by atoms with Gasteiger partial charge in [-0.15, -0.1) is 5.10 Å². The highest BCUT2D eigenvalue weighted by molar-refractivity contribution is 6.29. The van der Waals surface area contributed by atoms with Crippen molar-refractivity contribution in [3.63, 3.8) is 0 Å². The van der Waals surface area contributed by atoms with Crippen LogP contribution in [-0.2, 0) is 4.79 Å². The van der Waals surface area contributed by atoms with Gasteiger partial charge in [0, 0.05) is 5.56 Å². The smallest absolute Gasteiger partial charge is 0.269 e. The molecule has 2 saturated carbocycles. The first-order chi connectivity index (χ1) is 13.3. The second-order valence-electron chi connectivity index (χ2n) is 7.73. The number of rotatable bonds is 7. The third kappa shape index (κ3) is 3.81. The van der Waals surface area contributed by atoms with Crippen LogP contribution in [0, 0.1) is 23.7 Å². The number of H-pyrrole nitrogens is 1. The fourth-order valence-electron chi connectivity index (χ4n) is 3.82. The lowest BCUT2D eigenvalue weighted by molar-refractivity contribution is -0.118. The van der Waals surface area contributed by atoms with Crippen LogP contribution in [0.3, 0.4) is 0 Å². The Morgan fingerprint density at radius 1 is 1.39 bits per heavy atom. The maximum Gasteiger partial charge on any atom is 0.269 e. The molecule has 1 amide bonds. The summed E-state index contributed by atoms with van der Waals surface area (Å²) in [6, 6.07) is 0.125. The van der Waals surface area contributed by atoms with Gasteiger partial charge < -0.3 is 11.1 Å². The van der Waals surface area contributed by atoms with Crippen LogP contribution >= 0.6 is 11.6 Å². The van der Waals surface area contributed by atoms with E-state index in [1.807, 2.05) is 0 Å². The number of carbonyl (C=O) groups excluding carboxylic acids is 1. The summed E-state index contributed by atoms with van der Waals surface area (Å²) in [5, 5.41) is 12.3. The highest BCUT2D eigenvalue weighted by Gasteiger charge is 2.46. The minimum atomic E-state index is -0.835. The predicted molar refractivity (Wildman–Crippen MR) is 101 cm³/mol. The summed E-state index contributed by atoms with van der Waals surface area (Å²) in [7, 11) is 0. The van der Waals surface area contributed by atoms with Gasteiger partial charge in [-0.25, -0.2) is 5.10 Å². The minimum Gasteiger partial charge on any atom is -0.320 e. The number of hydrogen-bond donors (Lipinski definition) is 3. The van der Waals surface area contributed by atoms with Crippen LogP contribution in [0.1, 0.15) is 44.2 Å². The van der Waals surface area contributed by atoms with E-state index in [9.17, 15) is 14.0 Å². The molecule has 2 atom stereocenters. The van der Waals surface area contributed by atoms with Gasteiger partial charge in [0.05, 0.1) is 18.3 Å². The molecule has 8 nitrogen and oxygen atoms in total. The molecule has 150 valence electrons. The third-order valence-corrected chi connectivity index (χ3v) is 5.84. The number of anilines is 1. The second-order valence-corrected chi connectivity index (χ2v) is 8.12. The predicted octanol–water partition coefficient (Wildman–Crippen LogP) is 2.07. The number of hydrogen-bond acceptors (Lipinski definition) is 5. The Hall–Kier alpha value is -2.26. The lowest BCUT2D eigenvalue weighted by atomic mass is 9.89. The molecule has 0 aromatic carbocycles. The Balaban J connectivity index is 1.50. The summed E-state index contributed by atoms with van der Waals surface area (Å²) < 4.78 is 15.6. The maximum absolute atomic E-state index is 14.3. The van der Waals surface area contributed by atoms with E-state index in [2.05, 4.69) is 20.6 Å². The number of aromatic amines is 1. The van der Waals surface area contributed by atoms with Gasteiger partial charge >= 0.3 is 0 Å². The van der Waals surface area contributed by atoms with Crippen LogP contribution in [0.5, 0.6) is 0 Å². The zero-order valence-electron chi connectivity index (χ0n) is 15.4. The van der Waals surface area contributed by atoms with Gasteiger partial charge in [-0.2, -0.15) is 9.49 Å². The van der Waals surface area contributed by atoms with E-state index in [0.29, 0.717) is 11.8 Å². The van der Waals surface area contributed by atoms with Gasteiger partial charge in [-0.1, -0.05) is 11.6 Å². The van der Waals surface area contributed by atoms with Crippen molar-refractivity contribution < 1.29 is 9.18 Å². The van der Waals surface area contributed by atoms with Crippen LogP contribution in [-0.4, -0.2) is 31.9 Å². The first kappa shape index (κ1) is 19.1. The summed E-state index contributed by atoms with van der Waals surface area (Å²) in [5.74, 6) is -0.0688. The van der Waals surface area contributed by atoms with Crippen molar-refractivity contribution >= 4 is 23.2 Å². The Kier molecular flexibility index (Phi) is 4.96. The van der Waals surface area contributed by atoms with E-state index in [-0.39, 0.29) is 22.3 Å². The number of nitrogens with two attached hydrogens (primary N) is 1. The van der Waals surface area contributed by atoms with Crippen molar-refractivity contribution in [1.29, 1.82) is 0 Å². The van der Waals surface area contributed by atoms with Gasteiger partial charge in [-0.3, -0.25) is 14.3 Å². The number of aromatic nitrogens is 4. The average Bonchev–Trinajstić information content (AvgIpc) is 3.58. The molecule has 2 aliphatic carbocycles. The highest BCUT2D eigenvalue weighted by Crippen LogP contribution is 2.50. The van der Waals surface area contributed by atoms with Gasteiger partial charge in [0.25, 0.3) is 11.5 Å². The molecule has 2 aromatic rings. The molecule has 2 aliphatic rings. The SMILES string of the molecule is C[C@@H](c1cc(Cl)n[nH]c1=O)n1cc(NC(=O)[C@@H](N)C(C2CC2)C2CC2)c(F)n1. The summed E-state index contributed by atoms with van der Waals surface area (Å²) in [4.78, 5) is 24.6. The number of halogens is 2. The number of carbonyl (C=O) groups is 1. The van der Waals surface area contributed by atoms with Crippen LogP contribution in [0.15, 0.2) is 17.1 Å². The molecule has 2 aromatic heterocycles. The maximum atomic E-state index is 14.3. The Morgan fingerprint density at radius 2 is 2.04 bits per heavy atom. The Bertz CT molecular complexity index is 940. The summed E-state index contributed by atoms with van der Waals surface area (Å²) in [6.07, 6.45) is 5.77. The quantitative estimate of drug-likeness (QED) is 0.648. The van der Waals surface area contributed by atoms with Crippen molar-refractivity contribution in [2.45, 2.75) is 44.7 Å². The van der Waals surface area contributed by atoms with Crippen molar-refractivity contribution in [2.75, 3.05) is 5.32 Å². The van der Waals surface area contributed by atoms with E-state index in [1.54, 1.807) is 6.92 Å². The Morgan fingerprint density at radius 3 is 2.64 bits per heavy atom. The molecule has 28 heavy (non-hydrogen) atoms. The summed E-state index contributed by atoms with van der Waals surface area (Å²) >= 11 is 5.82. The van der Waals surface area contributed by atoms with Crippen LogP contribution in [0.2, 0.25) is 5.15 Å². The molecular weight excluding hydrogens is 387 g/mol. The molecular formula is C18H22ClFN6O2. The molecule has 0 saturated heterocycles. The van der Waals surface area contributed by atoms with Crippen LogP contribution in [0.25, 0.3) is 0 Å². The van der Waals surface area contributed by atoms with E-state index in [1.165, 1.54) is 16.9 Å². The molecule has 4 rings (SSSR count). The lowest BCUT2D eigenvalue weighted by Gasteiger charge is -2.22. The van der Waals surface area contributed by atoms with Crippen molar-refractivity contribution in [1.82, 2.24) is 20.0 Å². The fraction of sp³-hybridized carbons (Fsp3) is 0.556. The first-order valence-corrected chi connectivity index (χ1v) is 9.79. The van der Waals surface area contributed by atoms with Crippen molar-refractivity contribution in [2.24, 2.45) is 23.5 Å². The zero-order valence-corrected chi connectivity index (χ0v) is 16.1. The van der Waals surface area contributed by atoms with Crippen LogP contribution < -0.4 is 16.6 Å². The van der Waals surface area contributed by atoms with Gasteiger partial charge in [0.1, 0.15) is 10.8 Å². The van der Waals surface area contributed by atoms with E-state index >= 15 is 0 Å². The van der Waals surface area contributed by atoms with Crippen molar-refractivity contribution in [3.05, 3.63) is 39.3 Å². The fourth-order valence-corrected chi connectivity index (χ4v) is 3.98. The third-order valence-electron chi connectivity index (χ3n) is 5.64. The molecule has 2 fully saturated rings. The molecule has 4 N–H and O–H groups in total. The highest BCUT2D eigenvalue weighted by atomic mass is 35.5. The molecule has 0 unspecified atom stereocenters. The molecule has 10 heteroatoms. The number of nitrogens with zero attached hydrogens (tertiary/aromatic N) is 3. The van der Waals surface area contributed by atoms with E-state index in [4.69, 9.17) is 17.3 Å². The average molecular weight is 409 g/mol. The second kappa shape index (κ2) is 7.29. The van der Waals surface area contributed by atoms with Gasteiger partial charge in [0.15, 0.2) is 0 Å². The number of nitrogens with one attached hydrogen (secondary N) is 2. The minimum absolute atomic E-state index is 0.0609. The Labute approximate surface area is 165 Å².